The first kappa shape index (κ1) is 18.5. The van der Waals surface area contributed by atoms with Crippen molar-refractivity contribution < 1.29 is 4.39 Å². The van der Waals surface area contributed by atoms with Crippen molar-refractivity contribution in [2.45, 2.75) is 38.4 Å². The zero-order valence-corrected chi connectivity index (χ0v) is 16.5. The highest BCUT2D eigenvalue weighted by atomic mass is 19.1. The van der Waals surface area contributed by atoms with Crippen LogP contribution >= 0.6 is 0 Å². The molecule has 0 unspecified atom stereocenters. The molecule has 1 saturated heterocycles. The Bertz CT molecular complexity index is 973. The highest BCUT2D eigenvalue weighted by molar-refractivity contribution is 5.63. The lowest BCUT2D eigenvalue weighted by Gasteiger charge is -2.32. The normalized spacial score (nSPS) is 18.0. The number of piperidine rings is 1. The second-order valence-electron chi connectivity index (χ2n) is 8.06. The molecule has 29 heavy (non-hydrogen) atoms. The molecule has 3 heterocycles. The highest BCUT2D eigenvalue weighted by Gasteiger charge is 2.26. The monoisotopic (exact) mass is 391 g/mol. The summed E-state index contributed by atoms with van der Waals surface area (Å²) in [7, 11) is 0. The van der Waals surface area contributed by atoms with Gasteiger partial charge in [0.2, 0.25) is 0 Å². The lowest BCUT2D eigenvalue weighted by Crippen LogP contribution is -2.34. The van der Waals surface area contributed by atoms with E-state index in [2.05, 4.69) is 49.2 Å². The van der Waals surface area contributed by atoms with Gasteiger partial charge in [0.25, 0.3) is 0 Å². The predicted molar refractivity (Wildman–Crippen MR) is 111 cm³/mol. The molecule has 1 N–H and O–H groups in total. The number of hydrogen-bond acceptors (Lipinski definition) is 4. The maximum absolute atomic E-state index is 13.4. The molecule has 150 valence electrons. The van der Waals surface area contributed by atoms with E-state index in [1.54, 1.807) is 12.1 Å². The average Bonchev–Trinajstić information content (AvgIpc) is 3.19. The number of hydrogen-bond donors (Lipinski definition) is 1. The van der Waals surface area contributed by atoms with Crippen LogP contribution in [0.3, 0.4) is 0 Å². The van der Waals surface area contributed by atoms with Crippen LogP contribution in [0, 0.1) is 5.82 Å². The molecular weight excluding hydrogens is 365 g/mol. The van der Waals surface area contributed by atoms with Crippen LogP contribution in [0.5, 0.6) is 0 Å². The summed E-state index contributed by atoms with van der Waals surface area (Å²) in [5.41, 5.74) is 3.27. The van der Waals surface area contributed by atoms with Crippen LogP contribution in [0.1, 0.15) is 36.0 Å². The largest absolute Gasteiger partial charge is 0.312 e. The number of aromatic nitrogens is 3. The van der Waals surface area contributed by atoms with Crippen molar-refractivity contribution in [1.82, 2.24) is 25.0 Å². The minimum Gasteiger partial charge on any atom is -0.312 e. The molecule has 2 aliphatic rings. The fourth-order valence-electron chi connectivity index (χ4n) is 4.49. The van der Waals surface area contributed by atoms with Gasteiger partial charge in [0.1, 0.15) is 17.5 Å². The number of nitrogens with one attached hydrogen (secondary N) is 1. The van der Waals surface area contributed by atoms with E-state index in [1.165, 1.54) is 17.5 Å². The zero-order chi connectivity index (χ0) is 19.6. The van der Waals surface area contributed by atoms with Crippen molar-refractivity contribution in [1.29, 1.82) is 0 Å². The summed E-state index contributed by atoms with van der Waals surface area (Å²) >= 11 is 0. The molecule has 3 aromatic rings. The van der Waals surface area contributed by atoms with Crippen LogP contribution < -0.4 is 5.32 Å². The maximum atomic E-state index is 13.4. The van der Waals surface area contributed by atoms with E-state index < -0.39 is 0 Å². The first-order valence-electron chi connectivity index (χ1n) is 10.5. The zero-order valence-electron chi connectivity index (χ0n) is 16.5. The molecule has 0 aliphatic carbocycles. The molecule has 6 heteroatoms. The molecule has 0 atom stereocenters. The number of rotatable bonds is 4. The van der Waals surface area contributed by atoms with Crippen LogP contribution in [0.15, 0.2) is 48.5 Å². The van der Waals surface area contributed by atoms with E-state index in [0.29, 0.717) is 5.92 Å². The minimum atomic E-state index is -0.195. The molecule has 5 nitrogen and oxygen atoms in total. The molecule has 0 saturated carbocycles. The third-order valence-corrected chi connectivity index (χ3v) is 6.12. The summed E-state index contributed by atoms with van der Waals surface area (Å²) < 4.78 is 15.8. The Hall–Kier alpha value is -2.57. The summed E-state index contributed by atoms with van der Waals surface area (Å²) in [6.07, 6.45) is 2.26. The topological polar surface area (TPSA) is 46.0 Å². The Morgan fingerprint density at radius 1 is 0.966 bits per heavy atom. The van der Waals surface area contributed by atoms with Gasteiger partial charge in [-0.15, -0.1) is 10.2 Å². The van der Waals surface area contributed by atoms with Crippen LogP contribution in [0.4, 0.5) is 4.39 Å². The van der Waals surface area contributed by atoms with Gasteiger partial charge in [0.05, 0.1) is 6.54 Å². The second-order valence-corrected chi connectivity index (χ2v) is 8.06. The van der Waals surface area contributed by atoms with Gasteiger partial charge in [-0.2, -0.15) is 0 Å². The average molecular weight is 391 g/mol. The Balaban J connectivity index is 1.19. The van der Waals surface area contributed by atoms with Gasteiger partial charge in [-0.05, 0) is 54.8 Å². The molecular formula is C23H26FN5. The molecule has 2 aliphatic heterocycles. The third kappa shape index (κ3) is 3.95. The van der Waals surface area contributed by atoms with Gasteiger partial charge in [0.15, 0.2) is 0 Å². The quantitative estimate of drug-likeness (QED) is 0.739. The van der Waals surface area contributed by atoms with Crippen LogP contribution in [-0.2, 0) is 19.6 Å². The third-order valence-electron chi connectivity index (χ3n) is 6.12. The van der Waals surface area contributed by atoms with Gasteiger partial charge in [0, 0.05) is 25.6 Å². The van der Waals surface area contributed by atoms with Crippen molar-refractivity contribution in [3.05, 3.63) is 71.6 Å². The van der Waals surface area contributed by atoms with Crippen molar-refractivity contribution in [2.75, 3.05) is 19.6 Å². The second kappa shape index (κ2) is 8.05. The molecule has 2 aromatic carbocycles. The Morgan fingerprint density at radius 3 is 2.59 bits per heavy atom. The molecule has 1 fully saturated rings. The standard InChI is InChI=1S/C23H26FN5/c24-21-3-1-2-20(14-21)18-6-4-17(5-7-18)16-28-11-8-19(9-12-28)23-27-26-22-15-25-10-13-29(22)23/h1-7,14,19,25H,8-13,15-16H2. The Labute approximate surface area is 170 Å². The van der Waals surface area contributed by atoms with Crippen LogP contribution in [0.2, 0.25) is 0 Å². The number of nitrogens with zero attached hydrogens (tertiary/aromatic N) is 4. The molecule has 1 aromatic heterocycles. The van der Waals surface area contributed by atoms with Crippen LogP contribution in [0.25, 0.3) is 11.1 Å². The first-order chi connectivity index (χ1) is 14.3. The van der Waals surface area contributed by atoms with E-state index in [-0.39, 0.29) is 5.82 Å². The van der Waals surface area contributed by atoms with Crippen LogP contribution in [-0.4, -0.2) is 39.3 Å². The first-order valence-corrected chi connectivity index (χ1v) is 10.5. The van der Waals surface area contributed by atoms with E-state index in [0.717, 1.165) is 69.1 Å². The summed E-state index contributed by atoms with van der Waals surface area (Å²) in [6, 6.07) is 15.3. The lowest BCUT2D eigenvalue weighted by atomic mass is 9.95. The van der Waals surface area contributed by atoms with E-state index in [1.807, 2.05) is 6.07 Å². The molecule has 0 bridgehead atoms. The van der Waals surface area contributed by atoms with Crippen molar-refractivity contribution in [2.24, 2.45) is 0 Å². The SMILES string of the molecule is Fc1cccc(-c2ccc(CN3CCC(c4nnc5n4CCNC5)CC3)cc2)c1. The molecule has 0 amide bonds. The molecule has 0 spiro atoms. The maximum Gasteiger partial charge on any atom is 0.147 e. The Kier molecular flexibility index (Phi) is 5.12. The Morgan fingerprint density at radius 2 is 1.79 bits per heavy atom. The summed E-state index contributed by atoms with van der Waals surface area (Å²) in [4.78, 5) is 2.52. The summed E-state index contributed by atoms with van der Waals surface area (Å²) in [6.45, 7) is 5.93. The number of benzene rings is 2. The van der Waals surface area contributed by atoms with Gasteiger partial charge in [-0.3, -0.25) is 4.90 Å². The van der Waals surface area contributed by atoms with Gasteiger partial charge >= 0.3 is 0 Å². The van der Waals surface area contributed by atoms with E-state index >= 15 is 0 Å². The van der Waals surface area contributed by atoms with E-state index in [9.17, 15) is 4.39 Å². The van der Waals surface area contributed by atoms with Crippen molar-refractivity contribution in [3.63, 3.8) is 0 Å². The van der Waals surface area contributed by atoms with Crippen molar-refractivity contribution in [3.8, 4) is 11.1 Å². The fraction of sp³-hybridized carbons (Fsp3) is 0.391. The fourth-order valence-corrected chi connectivity index (χ4v) is 4.49. The number of likely N-dealkylation sites (tertiary alicyclic amines) is 1. The highest BCUT2D eigenvalue weighted by Crippen LogP contribution is 2.29. The van der Waals surface area contributed by atoms with Crippen molar-refractivity contribution >= 4 is 0 Å². The van der Waals surface area contributed by atoms with Gasteiger partial charge in [-0.1, -0.05) is 36.4 Å². The number of halogens is 1. The van der Waals surface area contributed by atoms with Gasteiger partial charge in [-0.25, -0.2) is 4.39 Å². The molecule has 5 rings (SSSR count). The van der Waals surface area contributed by atoms with Gasteiger partial charge < -0.3 is 9.88 Å². The van der Waals surface area contributed by atoms with E-state index in [4.69, 9.17) is 0 Å². The minimum absolute atomic E-state index is 0.195. The summed E-state index contributed by atoms with van der Waals surface area (Å²) in [5.74, 6) is 2.58. The lowest BCUT2D eigenvalue weighted by molar-refractivity contribution is 0.199. The molecule has 0 radical (unpaired) electrons. The predicted octanol–water partition coefficient (Wildman–Crippen LogP) is 3.57. The number of fused-ring (bicyclic) bond motifs is 1. The summed E-state index contributed by atoms with van der Waals surface area (Å²) in [5, 5.41) is 12.2. The smallest absolute Gasteiger partial charge is 0.147 e.